The van der Waals surface area contributed by atoms with E-state index in [1.54, 1.807) is 0 Å². The number of carbonyl (C=O) groups is 2. The van der Waals surface area contributed by atoms with Gasteiger partial charge in [-0.25, -0.2) is 0 Å². The number of rotatable bonds is 58. The number of nitrogens with two attached hydrogens (primary N) is 1. The first kappa shape index (κ1) is 73.9. The summed E-state index contributed by atoms with van der Waals surface area (Å²) >= 11 is 9.77. The van der Waals surface area contributed by atoms with E-state index in [4.69, 9.17) is 76.6 Å². The Balaban J connectivity index is 0. The number of hydrogen-bond donors (Lipinski definition) is 3. The number of hydrogen-bond acceptors (Lipinski definition) is 15. The average Bonchev–Trinajstić information content (AvgIpc) is 3.35. The third-order valence-corrected chi connectivity index (χ3v) is 15.0. The molecule has 72 heavy (non-hydrogen) atoms. The molecule has 0 bridgehead atoms. The molecular formula is C53H107NO14P2S2-2. The summed E-state index contributed by atoms with van der Waals surface area (Å²) in [6, 6.07) is 0. The predicted molar refractivity (Wildman–Crippen MR) is 296 cm³/mol. The van der Waals surface area contributed by atoms with E-state index in [2.05, 4.69) is 13.8 Å². The Morgan fingerprint density at radius 2 is 0.694 bits per heavy atom. The van der Waals surface area contributed by atoms with E-state index in [-0.39, 0.29) is 45.8 Å². The van der Waals surface area contributed by atoms with E-state index in [1.165, 1.54) is 154 Å². The van der Waals surface area contributed by atoms with E-state index in [9.17, 15) is 19.4 Å². The summed E-state index contributed by atoms with van der Waals surface area (Å²) in [6.45, 7) is 2.53. The second kappa shape index (κ2) is 57.0. The van der Waals surface area contributed by atoms with Gasteiger partial charge in [0.15, 0.2) is 0 Å². The Kier molecular flexibility index (Phi) is 58.5. The van der Waals surface area contributed by atoms with Crippen molar-refractivity contribution in [3.05, 3.63) is 0 Å². The van der Waals surface area contributed by atoms with Crippen molar-refractivity contribution in [2.24, 2.45) is 5.73 Å². The highest BCUT2D eigenvalue weighted by molar-refractivity contribution is 8.06. The standard InChI is InChI=1S/C27H55O7PS.C26H54NO7PS/c1-3-5-6-7-8-9-10-11-12-13-14-15-16-18-22-31-24-26(32-23-19-17-20-27(28)29)25-34-35(30,36)33-21-4-2;1-2-3-4-5-6-7-8-9-10-11-12-13-14-16-20-31-23-25(32-21-17-15-18-26(28)29)24-34-35(30,36)33-22-19-27/h26H,3-25H2,1-2H3,(H,28,29)(H,30,36);25H,2-24,27H2,1H3,(H,28,29)(H,30,36)/p-2. The normalized spacial score (nSPS) is 14.1. The van der Waals surface area contributed by atoms with E-state index in [0.717, 1.165) is 25.7 Å². The van der Waals surface area contributed by atoms with Gasteiger partial charge in [0, 0.05) is 45.8 Å². The van der Waals surface area contributed by atoms with Crippen molar-refractivity contribution in [1.82, 2.24) is 0 Å². The Bertz CT molecular complexity index is 1170. The third kappa shape index (κ3) is 60.7. The molecule has 0 radical (unpaired) electrons. The molecule has 0 fully saturated rings. The molecule has 15 nitrogen and oxygen atoms in total. The first-order valence-electron chi connectivity index (χ1n) is 28.5. The van der Waals surface area contributed by atoms with Crippen molar-refractivity contribution in [2.75, 3.05) is 72.6 Å². The van der Waals surface area contributed by atoms with Crippen LogP contribution in [0.5, 0.6) is 0 Å². The molecule has 0 saturated heterocycles. The SMILES string of the molecule is CCCCCCCCCCCCCCCCOCC(COP([O-])(=S)OCCC)OCCCCC(=O)O.CCCCCCCCCCCCCCCCOCC(COP([O-])(=S)OCCN)OCCCCC(=O)O. The summed E-state index contributed by atoms with van der Waals surface area (Å²) in [5.74, 6) is -1.64. The molecular weight excluding hydrogens is 1000 g/mol. The van der Waals surface area contributed by atoms with Gasteiger partial charge in [-0.05, 0) is 44.9 Å². The van der Waals surface area contributed by atoms with Crippen LogP contribution in [0, 0.1) is 0 Å². The van der Waals surface area contributed by atoms with Crippen LogP contribution in [0.25, 0.3) is 0 Å². The lowest BCUT2D eigenvalue weighted by molar-refractivity contribution is -0.210. The number of unbranched alkanes of at least 4 members (excludes halogenated alkanes) is 28. The molecule has 4 unspecified atom stereocenters. The van der Waals surface area contributed by atoms with Gasteiger partial charge in [-0.15, -0.1) is 0 Å². The molecule has 0 aromatic rings. The van der Waals surface area contributed by atoms with Crippen LogP contribution in [0.2, 0.25) is 0 Å². The largest absolute Gasteiger partial charge is 0.780 e. The van der Waals surface area contributed by atoms with E-state index in [1.807, 2.05) is 6.92 Å². The molecule has 4 atom stereocenters. The minimum Gasteiger partial charge on any atom is -0.780 e. The second-order valence-electron chi connectivity index (χ2n) is 19.0. The molecule has 432 valence electrons. The Morgan fingerprint density at radius 3 is 0.986 bits per heavy atom. The smallest absolute Gasteiger partial charge is 0.303 e. The molecule has 0 rings (SSSR count). The summed E-state index contributed by atoms with van der Waals surface area (Å²) in [4.78, 5) is 45.5. The summed E-state index contributed by atoms with van der Waals surface area (Å²) in [5, 5.41) is 17.5. The zero-order chi connectivity index (χ0) is 53.5. The maximum absolute atomic E-state index is 12.2. The van der Waals surface area contributed by atoms with Crippen LogP contribution in [-0.2, 0) is 70.2 Å². The van der Waals surface area contributed by atoms with Crippen LogP contribution in [0.1, 0.15) is 245 Å². The summed E-state index contributed by atoms with van der Waals surface area (Å²) in [5.41, 5.74) is 5.35. The molecule has 4 N–H and O–H groups in total. The van der Waals surface area contributed by atoms with Crippen molar-refractivity contribution >= 4 is 49.0 Å². The maximum atomic E-state index is 12.2. The summed E-state index contributed by atoms with van der Waals surface area (Å²) in [6.07, 6.45) is 39.2. The van der Waals surface area contributed by atoms with Gasteiger partial charge in [0.25, 0.3) is 0 Å². The quantitative estimate of drug-likeness (QED) is 0.0381. The molecule has 0 saturated carbocycles. The molecule has 0 amide bonds. The average molecular weight is 1110 g/mol. The van der Waals surface area contributed by atoms with Gasteiger partial charge < -0.3 is 62.8 Å². The lowest BCUT2D eigenvalue weighted by Gasteiger charge is -2.29. The molecule has 0 aromatic carbocycles. The molecule has 0 aliphatic carbocycles. The highest BCUT2D eigenvalue weighted by Gasteiger charge is 2.16. The summed E-state index contributed by atoms with van der Waals surface area (Å²) < 4.78 is 43.8. The fourth-order valence-electron chi connectivity index (χ4n) is 7.56. The molecule has 0 aromatic heterocycles. The van der Waals surface area contributed by atoms with Gasteiger partial charge in [-0.2, -0.15) is 0 Å². The zero-order valence-corrected chi connectivity index (χ0v) is 49.2. The minimum absolute atomic E-state index is 0.0109. The zero-order valence-electron chi connectivity index (χ0n) is 45.8. The van der Waals surface area contributed by atoms with Gasteiger partial charge >= 0.3 is 11.9 Å². The fraction of sp³-hybridized carbons (Fsp3) is 0.962. The van der Waals surface area contributed by atoms with Gasteiger partial charge in [-0.3, -0.25) is 9.59 Å². The minimum atomic E-state index is -3.61. The Hall–Kier alpha value is -0.200. The highest BCUT2D eigenvalue weighted by atomic mass is 32.5. The monoisotopic (exact) mass is 1110 g/mol. The number of ether oxygens (including phenoxy) is 4. The maximum Gasteiger partial charge on any atom is 0.303 e. The van der Waals surface area contributed by atoms with Crippen LogP contribution in [0.4, 0.5) is 0 Å². The number of carboxylic acids is 2. The van der Waals surface area contributed by atoms with Crippen molar-refractivity contribution in [3.8, 4) is 0 Å². The second-order valence-corrected chi connectivity index (χ2v) is 24.5. The number of aliphatic carboxylic acids is 2. The Labute approximate surface area is 449 Å². The first-order valence-corrected chi connectivity index (χ1v) is 33.7. The first-order chi connectivity index (χ1) is 34.8. The van der Waals surface area contributed by atoms with E-state index < -0.39 is 37.6 Å². The van der Waals surface area contributed by atoms with Crippen LogP contribution >= 0.6 is 13.4 Å². The van der Waals surface area contributed by atoms with E-state index >= 15 is 0 Å². The van der Waals surface area contributed by atoms with E-state index in [0.29, 0.717) is 71.7 Å². The van der Waals surface area contributed by atoms with Crippen molar-refractivity contribution < 1.29 is 66.6 Å². The highest BCUT2D eigenvalue weighted by Crippen LogP contribution is 2.39. The topological polar surface area (TPSA) is 221 Å². The molecule has 0 heterocycles. The third-order valence-electron chi connectivity index (χ3n) is 11.8. The van der Waals surface area contributed by atoms with Gasteiger partial charge in [-0.1, -0.05) is 211 Å². The van der Waals surface area contributed by atoms with Crippen LogP contribution in [-0.4, -0.2) is 107 Å². The fourth-order valence-corrected chi connectivity index (χ4v) is 9.96. The molecule has 0 spiro atoms. The van der Waals surface area contributed by atoms with Crippen molar-refractivity contribution in [2.45, 2.75) is 258 Å². The predicted octanol–water partition coefficient (Wildman–Crippen LogP) is 12.9. The van der Waals surface area contributed by atoms with Crippen LogP contribution < -0.4 is 15.5 Å². The van der Waals surface area contributed by atoms with Gasteiger partial charge in [0.05, 0.1) is 39.6 Å². The Morgan fingerprint density at radius 1 is 0.403 bits per heavy atom. The molecule has 0 aliphatic heterocycles. The molecule has 0 aliphatic rings. The van der Waals surface area contributed by atoms with Gasteiger partial charge in [0.1, 0.15) is 25.6 Å². The lowest BCUT2D eigenvalue weighted by Crippen LogP contribution is -2.27. The summed E-state index contributed by atoms with van der Waals surface area (Å²) in [7, 11) is 0. The lowest BCUT2D eigenvalue weighted by atomic mass is 10.0. The number of carboxylic acid groups (broad SMARTS) is 2. The van der Waals surface area contributed by atoms with Crippen molar-refractivity contribution in [3.63, 3.8) is 0 Å². The molecule has 19 heteroatoms. The van der Waals surface area contributed by atoms with Crippen LogP contribution in [0.3, 0.4) is 0 Å². The van der Waals surface area contributed by atoms with Crippen molar-refractivity contribution in [1.29, 1.82) is 0 Å². The van der Waals surface area contributed by atoms with Gasteiger partial charge in [0.2, 0.25) is 0 Å². The van der Waals surface area contributed by atoms with Crippen LogP contribution in [0.15, 0.2) is 0 Å².